The van der Waals surface area contributed by atoms with Gasteiger partial charge in [-0.1, -0.05) is 24.3 Å². The van der Waals surface area contributed by atoms with Crippen molar-refractivity contribution in [2.75, 3.05) is 40.3 Å². The SMILES string of the molecule is CN=C(NCCCOc1ccccc1)NCC(=O)N(C)CCc1ccccn1. The predicted molar refractivity (Wildman–Crippen MR) is 111 cm³/mol. The van der Waals surface area contributed by atoms with E-state index in [1.54, 1.807) is 25.2 Å². The van der Waals surface area contributed by atoms with Gasteiger partial charge in [-0.15, -0.1) is 0 Å². The molecule has 2 aromatic rings. The van der Waals surface area contributed by atoms with Gasteiger partial charge in [-0.25, -0.2) is 0 Å². The minimum absolute atomic E-state index is 0.00583. The molecule has 1 aromatic heterocycles. The molecule has 0 fully saturated rings. The summed E-state index contributed by atoms with van der Waals surface area (Å²) in [6.07, 6.45) is 3.32. The first-order valence-corrected chi connectivity index (χ1v) is 9.45. The Balaban J connectivity index is 1.59. The number of hydrogen-bond donors (Lipinski definition) is 2. The molecule has 0 aliphatic heterocycles. The van der Waals surface area contributed by atoms with Gasteiger partial charge >= 0.3 is 0 Å². The molecule has 150 valence electrons. The average molecular weight is 383 g/mol. The third kappa shape index (κ3) is 8.07. The van der Waals surface area contributed by atoms with Crippen LogP contribution in [0.3, 0.4) is 0 Å². The largest absolute Gasteiger partial charge is 0.494 e. The third-order valence-corrected chi connectivity index (χ3v) is 4.11. The van der Waals surface area contributed by atoms with Gasteiger partial charge in [-0.2, -0.15) is 0 Å². The Kier molecular flexibility index (Phi) is 9.34. The molecule has 0 aliphatic carbocycles. The Morgan fingerprint density at radius 1 is 1.14 bits per heavy atom. The Bertz CT molecular complexity index is 722. The van der Waals surface area contributed by atoms with Crippen molar-refractivity contribution in [3.05, 3.63) is 60.4 Å². The minimum atomic E-state index is 0.00583. The highest BCUT2D eigenvalue weighted by atomic mass is 16.5. The summed E-state index contributed by atoms with van der Waals surface area (Å²) >= 11 is 0. The number of aliphatic imine (C=N–C) groups is 1. The lowest BCUT2D eigenvalue weighted by molar-refractivity contribution is -0.128. The van der Waals surface area contributed by atoms with Gasteiger partial charge in [0.25, 0.3) is 0 Å². The van der Waals surface area contributed by atoms with E-state index in [9.17, 15) is 4.79 Å². The van der Waals surface area contributed by atoms with Gasteiger partial charge in [0.1, 0.15) is 5.75 Å². The van der Waals surface area contributed by atoms with E-state index in [4.69, 9.17) is 4.74 Å². The molecule has 0 radical (unpaired) electrons. The Morgan fingerprint density at radius 2 is 1.93 bits per heavy atom. The van der Waals surface area contributed by atoms with Gasteiger partial charge in [0.15, 0.2) is 5.96 Å². The number of para-hydroxylation sites is 1. The normalized spacial score (nSPS) is 11.0. The fourth-order valence-corrected chi connectivity index (χ4v) is 2.45. The number of nitrogens with zero attached hydrogens (tertiary/aromatic N) is 3. The summed E-state index contributed by atoms with van der Waals surface area (Å²) in [5.74, 6) is 1.47. The maximum Gasteiger partial charge on any atom is 0.241 e. The second-order valence-electron chi connectivity index (χ2n) is 6.25. The molecule has 0 aliphatic rings. The maximum atomic E-state index is 12.3. The van der Waals surface area contributed by atoms with Gasteiger partial charge in [0.05, 0.1) is 13.2 Å². The Labute approximate surface area is 166 Å². The number of carbonyl (C=O) groups is 1. The number of amides is 1. The van der Waals surface area contributed by atoms with E-state index < -0.39 is 0 Å². The number of hydrogen-bond acceptors (Lipinski definition) is 4. The van der Waals surface area contributed by atoms with Gasteiger partial charge in [0, 0.05) is 45.5 Å². The fraction of sp³-hybridized carbons (Fsp3) is 0.381. The Hall–Kier alpha value is -3.09. The highest BCUT2D eigenvalue weighted by Gasteiger charge is 2.09. The number of aromatic nitrogens is 1. The molecule has 7 heteroatoms. The topological polar surface area (TPSA) is 78.9 Å². The molecule has 1 amide bonds. The first kappa shape index (κ1) is 21.2. The van der Waals surface area contributed by atoms with Gasteiger partial charge in [0.2, 0.25) is 5.91 Å². The number of pyridine rings is 1. The molecule has 0 spiro atoms. The van der Waals surface area contributed by atoms with Gasteiger partial charge < -0.3 is 20.3 Å². The molecule has 2 rings (SSSR count). The number of carbonyl (C=O) groups excluding carboxylic acids is 1. The van der Waals surface area contributed by atoms with Crippen LogP contribution in [-0.2, 0) is 11.2 Å². The van der Waals surface area contributed by atoms with Crippen LogP contribution in [0.1, 0.15) is 12.1 Å². The fourth-order valence-electron chi connectivity index (χ4n) is 2.45. The molecule has 0 atom stereocenters. The summed E-state index contributed by atoms with van der Waals surface area (Å²) in [7, 11) is 3.48. The van der Waals surface area contributed by atoms with Crippen molar-refractivity contribution in [1.82, 2.24) is 20.5 Å². The molecule has 0 unspecified atom stereocenters. The molecular weight excluding hydrogens is 354 g/mol. The highest BCUT2D eigenvalue weighted by Crippen LogP contribution is 2.07. The summed E-state index contributed by atoms with van der Waals surface area (Å²) in [5.41, 5.74) is 0.977. The monoisotopic (exact) mass is 383 g/mol. The molecule has 1 heterocycles. The number of ether oxygens (including phenoxy) is 1. The zero-order valence-electron chi connectivity index (χ0n) is 16.6. The molecule has 0 saturated heterocycles. The number of benzene rings is 1. The number of likely N-dealkylation sites (N-methyl/N-ethyl adjacent to an activating group) is 1. The lowest BCUT2D eigenvalue weighted by atomic mass is 10.2. The molecular formula is C21H29N5O2. The van der Waals surface area contributed by atoms with E-state index >= 15 is 0 Å². The first-order chi connectivity index (χ1) is 13.7. The van der Waals surface area contributed by atoms with Crippen molar-refractivity contribution in [3.63, 3.8) is 0 Å². The zero-order chi connectivity index (χ0) is 20.0. The molecule has 1 aromatic carbocycles. The van der Waals surface area contributed by atoms with E-state index in [0.717, 1.165) is 24.3 Å². The van der Waals surface area contributed by atoms with Crippen LogP contribution >= 0.6 is 0 Å². The predicted octanol–water partition coefficient (Wildman–Crippen LogP) is 1.72. The van der Waals surface area contributed by atoms with Crippen LogP contribution < -0.4 is 15.4 Å². The average Bonchev–Trinajstić information content (AvgIpc) is 2.75. The van der Waals surface area contributed by atoms with Crippen LogP contribution in [0, 0.1) is 0 Å². The Morgan fingerprint density at radius 3 is 2.64 bits per heavy atom. The maximum absolute atomic E-state index is 12.3. The standard InChI is InChI=1S/C21H29N5O2/c1-22-21(24-14-8-16-28-19-10-4-3-5-11-19)25-17-20(27)26(2)15-12-18-9-6-7-13-23-18/h3-7,9-11,13H,8,12,14-17H2,1-2H3,(H2,22,24,25). The highest BCUT2D eigenvalue weighted by molar-refractivity contribution is 5.86. The minimum Gasteiger partial charge on any atom is -0.494 e. The lowest BCUT2D eigenvalue weighted by Gasteiger charge is -2.18. The lowest BCUT2D eigenvalue weighted by Crippen LogP contribution is -2.44. The summed E-state index contributed by atoms with van der Waals surface area (Å²) < 4.78 is 5.65. The van der Waals surface area contributed by atoms with E-state index in [1.807, 2.05) is 48.5 Å². The van der Waals surface area contributed by atoms with E-state index in [0.29, 0.717) is 25.7 Å². The van der Waals surface area contributed by atoms with Crippen LogP contribution in [0.5, 0.6) is 5.75 Å². The summed E-state index contributed by atoms with van der Waals surface area (Å²) in [5, 5.41) is 6.23. The zero-order valence-corrected chi connectivity index (χ0v) is 16.6. The van der Waals surface area contributed by atoms with Crippen LogP contribution in [0.25, 0.3) is 0 Å². The molecule has 2 N–H and O–H groups in total. The van der Waals surface area contributed by atoms with Crippen molar-refractivity contribution in [3.8, 4) is 5.75 Å². The van der Waals surface area contributed by atoms with Crippen molar-refractivity contribution >= 4 is 11.9 Å². The van der Waals surface area contributed by atoms with Crippen molar-refractivity contribution in [1.29, 1.82) is 0 Å². The molecule has 28 heavy (non-hydrogen) atoms. The summed E-state index contributed by atoms with van der Waals surface area (Å²) in [6.45, 7) is 2.14. The van der Waals surface area contributed by atoms with E-state index in [-0.39, 0.29) is 12.5 Å². The van der Waals surface area contributed by atoms with E-state index in [1.165, 1.54) is 0 Å². The van der Waals surface area contributed by atoms with Crippen LogP contribution in [0.2, 0.25) is 0 Å². The summed E-state index contributed by atoms with van der Waals surface area (Å²) in [4.78, 5) is 22.4. The van der Waals surface area contributed by atoms with Gasteiger partial charge in [-0.05, 0) is 30.7 Å². The number of guanidine groups is 1. The smallest absolute Gasteiger partial charge is 0.241 e. The third-order valence-electron chi connectivity index (χ3n) is 4.11. The van der Waals surface area contributed by atoms with Crippen molar-refractivity contribution in [2.24, 2.45) is 4.99 Å². The van der Waals surface area contributed by atoms with Crippen LogP contribution in [0.15, 0.2) is 59.7 Å². The van der Waals surface area contributed by atoms with Crippen molar-refractivity contribution < 1.29 is 9.53 Å². The van der Waals surface area contributed by atoms with E-state index in [2.05, 4.69) is 20.6 Å². The van der Waals surface area contributed by atoms with Crippen molar-refractivity contribution in [2.45, 2.75) is 12.8 Å². The number of rotatable bonds is 10. The van der Waals surface area contributed by atoms with Gasteiger partial charge in [-0.3, -0.25) is 14.8 Å². The molecule has 7 nitrogen and oxygen atoms in total. The quantitative estimate of drug-likeness (QED) is 0.371. The second-order valence-corrected chi connectivity index (χ2v) is 6.25. The molecule has 0 saturated carbocycles. The summed E-state index contributed by atoms with van der Waals surface area (Å²) in [6, 6.07) is 15.5. The first-order valence-electron chi connectivity index (χ1n) is 9.45. The van der Waals surface area contributed by atoms with Crippen LogP contribution in [-0.4, -0.2) is 62.1 Å². The molecule has 0 bridgehead atoms. The number of nitrogens with one attached hydrogen (secondary N) is 2. The second kappa shape index (κ2) is 12.3. The van der Waals surface area contributed by atoms with Crippen LogP contribution in [0.4, 0.5) is 0 Å².